The van der Waals surface area contributed by atoms with Gasteiger partial charge >= 0.3 is 0 Å². The van der Waals surface area contributed by atoms with Crippen molar-refractivity contribution in [2.75, 3.05) is 4.90 Å². The van der Waals surface area contributed by atoms with Gasteiger partial charge in [0.05, 0.1) is 11.0 Å². The number of anilines is 1. The minimum atomic E-state index is -0.611. The summed E-state index contributed by atoms with van der Waals surface area (Å²) in [5, 5.41) is 10.8. The lowest BCUT2D eigenvalue weighted by Crippen LogP contribution is -2.43. The number of benzene rings is 1. The van der Waals surface area contributed by atoms with Crippen molar-refractivity contribution in [1.82, 2.24) is 0 Å². The fraction of sp³-hybridized carbons (Fsp3) is 0.462. The smallest absolute Gasteiger partial charge is 0.274 e. The van der Waals surface area contributed by atoms with Crippen LogP contribution < -0.4 is 4.90 Å². The fourth-order valence-electron chi connectivity index (χ4n) is 3.21. The van der Waals surface area contributed by atoms with Gasteiger partial charge in [-0.1, -0.05) is 0 Å². The summed E-state index contributed by atoms with van der Waals surface area (Å²) in [6.45, 7) is 0. The number of piperidine rings is 1. The molecule has 0 radical (unpaired) electrons. The number of non-ortho nitro benzene ring substituents is 1. The van der Waals surface area contributed by atoms with Crippen LogP contribution in [-0.4, -0.2) is 22.8 Å². The average molecular weight is 264 g/mol. The van der Waals surface area contributed by atoms with E-state index in [1.54, 1.807) is 0 Å². The minimum absolute atomic E-state index is 0.0626. The van der Waals surface area contributed by atoms with E-state index in [2.05, 4.69) is 0 Å². The molecule has 100 valence electrons. The van der Waals surface area contributed by atoms with Crippen LogP contribution in [0.4, 0.5) is 15.8 Å². The van der Waals surface area contributed by atoms with Crippen LogP contribution in [0.25, 0.3) is 0 Å². The molecule has 2 fully saturated rings. The molecule has 0 aliphatic carbocycles. The predicted octanol–water partition coefficient (Wildman–Crippen LogP) is 2.43. The molecule has 2 unspecified atom stereocenters. The Morgan fingerprint density at radius 2 is 1.84 bits per heavy atom. The van der Waals surface area contributed by atoms with E-state index in [4.69, 9.17) is 0 Å². The molecule has 0 spiro atoms. The first-order chi connectivity index (χ1) is 9.04. The molecule has 0 N–H and O–H groups in total. The summed E-state index contributed by atoms with van der Waals surface area (Å²) in [5.74, 6) is -0.379. The highest BCUT2D eigenvalue weighted by Gasteiger charge is 2.40. The van der Waals surface area contributed by atoms with Gasteiger partial charge in [0.1, 0.15) is 11.6 Å². The van der Waals surface area contributed by atoms with Crippen molar-refractivity contribution in [3.63, 3.8) is 0 Å². The number of nitro groups is 1. The Kier molecular flexibility index (Phi) is 2.73. The molecular formula is C13H13FN2O3. The van der Waals surface area contributed by atoms with Crippen molar-refractivity contribution in [3.8, 4) is 0 Å². The van der Waals surface area contributed by atoms with Crippen molar-refractivity contribution in [3.05, 3.63) is 34.1 Å². The number of hydrogen-bond acceptors (Lipinski definition) is 4. The Bertz CT molecular complexity index is 545. The highest BCUT2D eigenvalue weighted by atomic mass is 19.1. The maximum atomic E-state index is 13.5. The second-order valence-electron chi connectivity index (χ2n) is 5.16. The Hall–Kier alpha value is -1.98. The zero-order valence-electron chi connectivity index (χ0n) is 10.2. The van der Waals surface area contributed by atoms with Crippen LogP contribution in [0.1, 0.15) is 25.7 Å². The number of rotatable bonds is 2. The van der Waals surface area contributed by atoms with Crippen LogP contribution in [0.5, 0.6) is 0 Å². The average Bonchev–Trinajstić information content (AvgIpc) is 2.61. The maximum absolute atomic E-state index is 13.5. The van der Waals surface area contributed by atoms with E-state index in [-0.39, 0.29) is 23.6 Å². The van der Waals surface area contributed by atoms with Gasteiger partial charge in [0.2, 0.25) is 0 Å². The summed E-state index contributed by atoms with van der Waals surface area (Å²) >= 11 is 0. The van der Waals surface area contributed by atoms with Gasteiger partial charge in [-0.3, -0.25) is 14.9 Å². The second kappa shape index (κ2) is 4.29. The van der Waals surface area contributed by atoms with Gasteiger partial charge in [-0.25, -0.2) is 4.39 Å². The van der Waals surface area contributed by atoms with Crippen LogP contribution in [0.15, 0.2) is 18.2 Å². The van der Waals surface area contributed by atoms with E-state index in [0.717, 1.165) is 18.9 Å². The summed E-state index contributed by atoms with van der Waals surface area (Å²) in [5.41, 5.74) is 0.276. The van der Waals surface area contributed by atoms with Gasteiger partial charge in [-0.05, 0) is 18.9 Å². The summed E-state index contributed by atoms with van der Waals surface area (Å²) < 4.78 is 13.5. The first-order valence-corrected chi connectivity index (χ1v) is 6.29. The van der Waals surface area contributed by atoms with E-state index in [1.165, 1.54) is 12.1 Å². The molecule has 5 nitrogen and oxygen atoms in total. The standard InChI is InChI=1S/C13H13FN2O3/c14-8-3-11(5-12(4-8)16(18)19)15-9-1-2-10(15)7-13(17)6-9/h3-5,9-10H,1-2,6-7H2. The monoisotopic (exact) mass is 264 g/mol. The highest BCUT2D eigenvalue weighted by Crippen LogP contribution is 2.39. The highest BCUT2D eigenvalue weighted by molar-refractivity contribution is 5.83. The molecule has 2 bridgehead atoms. The number of halogens is 1. The summed E-state index contributed by atoms with van der Waals surface area (Å²) in [7, 11) is 0. The van der Waals surface area contributed by atoms with E-state index < -0.39 is 10.7 Å². The lowest BCUT2D eigenvalue weighted by Gasteiger charge is -2.35. The summed E-state index contributed by atoms with van der Waals surface area (Å²) in [4.78, 5) is 23.7. The molecule has 0 amide bonds. The molecule has 0 aromatic heterocycles. The van der Waals surface area contributed by atoms with Gasteiger partial charge in [0.15, 0.2) is 0 Å². The molecule has 2 aliphatic heterocycles. The third kappa shape index (κ3) is 2.07. The first kappa shape index (κ1) is 12.1. The first-order valence-electron chi connectivity index (χ1n) is 6.29. The lowest BCUT2D eigenvalue weighted by molar-refractivity contribution is -0.385. The Morgan fingerprint density at radius 1 is 1.21 bits per heavy atom. The van der Waals surface area contributed by atoms with E-state index in [9.17, 15) is 19.3 Å². The SMILES string of the molecule is O=C1CC2CCC(C1)N2c1cc(F)cc([N+](=O)[O-])c1. The van der Waals surface area contributed by atoms with Crippen molar-refractivity contribution in [2.24, 2.45) is 0 Å². The van der Waals surface area contributed by atoms with Gasteiger partial charge < -0.3 is 4.90 Å². The molecule has 1 aromatic rings. The number of Topliss-reactive ketones (excluding diaryl/α,β-unsaturated/α-hetero) is 1. The van der Waals surface area contributed by atoms with Crippen molar-refractivity contribution in [1.29, 1.82) is 0 Å². The van der Waals surface area contributed by atoms with Crippen LogP contribution in [-0.2, 0) is 4.79 Å². The number of hydrogen-bond donors (Lipinski definition) is 0. The molecular weight excluding hydrogens is 251 g/mol. The maximum Gasteiger partial charge on any atom is 0.274 e. The Balaban J connectivity index is 1.99. The Morgan fingerprint density at radius 3 is 2.42 bits per heavy atom. The van der Waals surface area contributed by atoms with Crippen LogP contribution in [0, 0.1) is 15.9 Å². The molecule has 2 atom stereocenters. The molecule has 2 heterocycles. The van der Waals surface area contributed by atoms with Crippen molar-refractivity contribution < 1.29 is 14.1 Å². The van der Waals surface area contributed by atoms with Gasteiger partial charge in [0.25, 0.3) is 5.69 Å². The zero-order chi connectivity index (χ0) is 13.6. The topological polar surface area (TPSA) is 63.5 Å². The normalized spacial score (nSPS) is 25.7. The quantitative estimate of drug-likeness (QED) is 0.608. The zero-order valence-corrected chi connectivity index (χ0v) is 10.2. The molecule has 1 aromatic carbocycles. The number of carbonyl (C=O) groups excluding carboxylic acids is 1. The van der Waals surface area contributed by atoms with Crippen molar-refractivity contribution >= 4 is 17.2 Å². The number of nitro benzene ring substituents is 1. The molecule has 3 rings (SSSR count). The van der Waals surface area contributed by atoms with E-state index in [0.29, 0.717) is 18.5 Å². The molecule has 6 heteroatoms. The molecule has 0 saturated carbocycles. The van der Waals surface area contributed by atoms with Gasteiger partial charge in [-0.15, -0.1) is 0 Å². The largest absolute Gasteiger partial charge is 0.364 e. The lowest BCUT2D eigenvalue weighted by atomic mass is 10.0. The predicted molar refractivity (Wildman–Crippen MR) is 66.6 cm³/mol. The number of carbonyl (C=O) groups is 1. The van der Waals surface area contributed by atoms with Gasteiger partial charge in [0, 0.05) is 36.7 Å². The number of ketones is 1. The third-order valence-corrected chi connectivity index (χ3v) is 3.92. The fourth-order valence-corrected chi connectivity index (χ4v) is 3.21. The molecule has 2 saturated heterocycles. The second-order valence-corrected chi connectivity index (χ2v) is 5.16. The van der Waals surface area contributed by atoms with E-state index >= 15 is 0 Å². The van der Waals surface area contributed by atoms with Crippen LogP contribution >= 0.6 is 0 Å². The van der Waals surface area contributed by atoms with E-state index in [1.807, 2.05) is 4.90 Å². The van der Waals surface area contributed by atoms with Crippen LogP contribution in [0.3, 0.4) is 0 Å². The summed E-state index contributed by atoms with van der Waals surface area (Å²) in [6.07, 6.45) is 2.70. The number of fused-ring (bicyclic) bond motifs is 2. The van der Waals surface area contributed by atoms with Crippen LogP contribution in [0.2, 0.25) is 0 Å². The third-order valence-electron chi connectivity index (χ3n) is 3.92. The summed E-state index contributed by atoms with van der Waals surface area (Å²) in [6, 6.07) is 3.75. The molecule has 2 aliphatic rings. The minimum Gasteiger partial charge on any atom is -0.364 e. The number of nitrogens with zero attached hydrogens (tertiary/aromatic N) is 2. The Labute approximate surface area is 109 Å². The molecule has 19 heavy (non-hydrogen) atoms. The van der Waals surface area contributed by atoms with Gasteiger partial charge in [-0.2, -0.15) is 0 Å². The van der Waals surface area contributed by atoms with Crippen molar-refractivity contribution in [2.45, 2.75) is 37.8 Å².